The van der Waals surface area contributed by atoms with Crippen LogP contribution in [0.5, 0.6) is 11.5 Å². The third-order valence-corrected chi connectivity index (χ3v) is 4.91. The monoisotopic (exact) mass is 413 g/mol. The summed E-state index contributed by atoms with van der Waals surface area (Å²) in [5.74, 6) is 0.889. The van der Waals surface area contributed by atoms with E-state index in [0.717, 1.165) is 12.8 Å². The second-order valence-corrected chi connectivity index (χ2v) is 6.73. The van der Waals surface area contributed by atoms with Gasteiger partial charge in [0, 0.05) is 31.5 Å². The van der Waals surface area contributed by atoms with Crippen molar-refractivity contribution in [3.8, 4) is 11.5 Å². The molecule has 2 amide bonds. The van der Waals surface area contributed by atoms with Crippen LogP contribution in [0.15, 0.2) is 18.2 Å². The van der Waals surface area contributed by atoms with Crippen LogP contribution >= 0.6 is 12.4 Å². The molecule has 0 bridgehead atoms. The van der Waals surface area contributed by atoms with Crippen LogP contribution in [0.2, 0.25) is 0 Å². The van der Waals surface area contributed by atoms with Crippen molar-refractivity contribution in [1.29, 1.82) is 0 Å². The molecule has 2 heterocycles. The number of nitrogens with one attached hydrogen (secondary N) is 1. The van der Waals surface area contributed by atoms with Gasteiger partial charge in [-0.3, -0.25) is 9.59 Å². The van der Waals surface area contributed by atoms with E-state index in [2.05, 4.69) is 5.32 Å². The van der Waals surface area contributed by atoms with Crippen molar-refractivity contribution in [1.82, 2.24) is 4.90 Å². The highest BCUT2D eigenvalue weighted by Crippen LogP contribution is 2.32. The van der Waals surface area contributed by atoms with Gasteiger partial charge in [-0.1, -0.05) is 0 Å². The lowest BCUT2D eigenvalue weighted by Crippen LogP contribution is -2.50. The number of amides is 2. The number of benzene rings is 1. The first-order chi connectivity index (χ1) is 13.1. The van der Waals surface area contributed by atoms with Gasteiger partial charge in [-0.2, -0.15) is 0 Å². The zero-order valence-corrected chi connectivity index (χ0v) is 16.8. The van der Waals surface area contributed by atoms with E-state index in [9.17, 15) is 9.59 Å². The number of fused-ring (bicyclic) bond motifs is 1. The second kappa shape index (κ2) is 10.5. The minimum atomic E-state index is -0.601. The molecular formula is C19H28ClN3O5. The van der Waals surface area contributed by atoms with Crippen molar-refractivity contribution in [2.75, 3.05) is 44.8 Å². The Balaban J connectivity index is 0.00000280. The molecule has 3 N–H and O–H groups in total. The minimum Gasteiger partial charge on any atom is -0.486 e. The van der Waals surface area contributed by atoms with E-state index in [0.29, 0.717) is 50.2 Å². The smallest absolute Gasteiger partial charge is 0.243 e. The molecule has 2 aliphatic rings. The maximum Gasteiger partial charge on any atom is 0.243 e. The average molecular weight is 414 g/mol. The van der Waals surface area contributed by atoms with Gasteiger partial charge < -0.3 is 30.2 Å². The molecule has 28 heavy (non-hydrogen) atoms. The van der Waals surface area contributed by atoms with Crippen LogP contribution in [-0.2, 0) is 14.3 Å². The fourth-order valence-electron chi connectivity index (χ4n) is 3.33. The Labute approximate surface area is 171 Å². The summed E-state index contributed by atoms with van der Waals surface area (Å²) >= 11 is 0. The van der Waals surface area contributed by atoms with Crippen LogP contribution in [0.3, 0.4) is 0 Å². The summed E-state index contributed by atoms with van der Waals surface area (Å²) < 4.78 is 16.3. The highest BCUT2D eigenvalue weighted by Gasteiger charge is 2.30. The molecule has 2 aliphatic heterocycles. The molecule has 0 radical (unpaired) electrons. The Hall–Kier alpha value is -2.03. The summed E-state index contributed by atoms with van der Waals surface area (Å²) in [4.78, 5) is 26.6. The molecule has 1 saturated heterocycles. The van der Waals surface area contributed by atoms with Crippen LogP contribution in [0.4, 0.5) is 5.69 Å². The summed E-state index contributed by atoms with van der Waals surface area (Å²) in [7, 11) is 0. The molecule has 9 heteroatoms. The molecule has 3 rings (SSSR count). The fourth-order valence-corrected chi connectivity index (χ4v) is 3.33. The van der Waals surface area contributed by atoms with Crippen molar-refractivity contribution < 1.29 is 23.8 Å². The molecule has 8 nitrogen and oxygen atoms in total. The number of hydrogen-bond acceptors (Lipinski definition) is 6. The van der Waals surface area contributed by atoms with Crippen molar-refractivity contribution >= 4 is 29.9 Å². The number of anilines is 1. The van der Waals surface area contributed by atoms with Gasteiger partial charge in [0.1, 0.15) is 13.2 Å². The Morgan fingerprint density at radius 3 is 2.54 bits per heavy atom. The summed E-state index contributed by atoms with van der Waals surface area (Å²) in [5, 5.41) is 2.80. The molecule has 0 saturated carbocycles. The largest absolute Gasteiger partial charge is 0.486 e. The number of halogens is 1. The number of ether oxygens (including phenoxy) is 3. The Morgan fingerprint density at radius 2 is 1.86 bits per heavy atom. The average Bonchev–Trinajstić information content (AvgIpc) is 2.71. The number of nitrogens with zero attached hydrogens (tertiary/aromatic N) is 1. The lowest BCUT2D eigenvalue weighted by atomic mass is 9.91. The Morgan fingerprint density at radius 1 is 1.18 bits per heavy atom. The third-order valence-electron chi connectivity index (χ3n) is 4.91. The molecule has 156 valence electrons. The number of rotatable bonds is 6. The third kappa shape index (κ3) is 5.50. The second-order valence-electron chi connectivity index (χ2n) is 6.73. The minimum absolute atomic E-state index is 0. The van der Waals surface area contributed by atoms with Crippen LogP contribution in [0.1, 0.15) is 19.8 Å². The van der Waals surface area contributed by atoms with Crippen LogP contribution in [0, 0.1) is 5.92 Å². The van der Waals surface area contributed by atoms with E-state index < -0.39 is 6.04 Å². The first kappa shape index (κ1) is 22.3. The van der Waals surface area contributed by atoms with E-state index >= 15 is 0 Å². The molecule has 1 aromatic carbocycles. The molecule has 0 aromatic heterocycles. The fraction of sp³-hybridized carbons (Fsp3) is 0.579. The van der Waals surface area contributed by atoms with Gasteiger partial charge in [0.2, 0.25) is 11.8 Å². The van der Waals surface area contributed by atoms with Crippen LogP contribution < -0.4 is 20.5 Å². The molecule has 1 atom stereocenters. The van der Waals surface area contributed by atoms with Gasteiger partial charge in [-0.25, -0.2) is 0 Å². The summed E-state index contributed by atoms with van der Waals surface area (Å²) in [6, 6.07) is 4.62. The molecule has 0 spiro atoms. The predicted molar refractivity (Wildman–Crippen MR) is 107 cm³/mol. The highest BCUT2D eigenvalue weighted by atomic mass is 35.5. The van der Waals surface area contributed by atoms with Gasteiger partial charge in [0.25, 0.3) is 0 Å². The molecule has 1 aromatic rings. The molecule has 1 fully saturated rings. The van der Waals surface area contributed by atoms with E-state index in [1.165, 1.54) is 4.90 Å². The standard InChI is InChI=1S/C19H27N3O5.ClH/c1-2-22(19(24)18(20)13-5-7-25-8-6-13)12-17(23)21-14-3-4-15-16(11-14)27-10-9-26-15;/h3-4,11,13,18H,2,5-10,12,20H2,1H3,(H,21,23);1H. The van der Waals surface area contributed by atoms with Gasteiger partial charge in [0.15, 0.2) is 11.5 Å². The summed E-state index contributed by atoms with van der Waals surface area (Å²) in [6.07, 6.45) is 1.54. The molecular weight excluding hydrogens is 386 g/mol. The maximum absolute atomic E-state index is 12.7. The van der Waals surface area contributed by atoms with Crippen molar-refractivity contribution in [3.63, 3.8) is 0 Å². The first-order valence-corrected chi connectivity index (χ1v) is 9.40. The Bertz CT molecular complexity index is 682. The number of carbonyl (C=O) groups is 2. The molecule has 1 unspecified atom stereocenters. The van der Waals surface area contributed by atoms with Crippen molar-refractivity contribution in [3.05, 3.63) is 18.2 Å². The number of carbonyl (C=O) groups excluding carboxylic acids is 2. The van der Waals surface area contributed by atoms with Gasteiger partial charge in [-0.15, -0.1) is 12.4 Å². The van der Waals surface area contributed by atoms with Gasteiger partial charge >= 0.3 is 0 Å². The predicted octanol–water partition coefficient (Wildman–Crippen LogP) is 1.42. The first-order valence-electron chi connectivity index (χ1n) is 9.40. The zero-order valence-electron chi connectivity index (χ0n) is 16.0. The van der Waals surface area contributed by atoms with Crippen LogP contribution in [0.25, 0.3) is 0 Å². The summed E-state index contributed by atoms with van der Waals surface area (Å²) in [6.45, 7) is 4.47. The number of nitrogens with two attached hydrogens (primary N) is 1. The van der Waals surface area contributed by atoms with E-state index in [1.54, 1.807) is 18.2 Å². The zero-order chi connectivity index (χ0) is 19.2. The SMILES string of the molecule is CCN(CC(=O)Nc1ccc2c(c1)OCCO2)C(=O)C(N)C1CCOCC1.Cl. The van der Waals surface area contributed by atoms with Crippen LogP contribution in [-0.4, -0.2) is 62.3 Å². The highest BCUT2D eigenvalue weighted by molar-refractivity contribution is 5.95. The maximum atomic E-state index is 12.7. The van der Waals surface area contributed by atoms with Gasteiger partial charge in [0.05, 0.1) is 12.6 Å². The van der Waals surface area contributed by atoms with E-state index in [4.69, 9.17) is 19.9 Å². The molecule has 0 aliphatic carbocycles. The lowest BCUT2D eigenvalue weighted by Gasteiger charge is -2.30. The summed E-state index contributed by atoms with van der Waals surface area (Å²) in [5.41, 5.74) is 6.76. The van der Waals surface area contributed by atoms with E-state index in [-0.39, 0.29) is 36.7 Å². The number of likely N-dealkylation sites (N-methyl/N-ethyl adjacent to an activating group) is 1. The number of hydrogen-bond donors (Lipinski definition) is 2. The van der Waals surface area contributed by atoms with Gasteiger partial charge in [-0.05, 0) is 37.8 Å². The topological polar surface area (TPSA) is 103 Å². The van der Waals surface area contributed by atoms with Crippen molar-refractivity contribution in [2.45, 2.75) is 25.8 Å². The normalized spacial score (nSPS) is 17.2. The van der Waals surface area contributed by atoms with Crippen molar-refractivity contribution in [2.24, 2.45) is 11.7 Å². The Kier molecular flexibility index (Phi) is 8.35. The quantitative estimate of drug-likeness (QED) is 0.731. The van der Waals surface area contributed by atoms with E-state index in [1.807, 2.05) is 6.92 Å². The lowest BCUT2D eigenvalue weighted by molar-refractivity contribution is -0.137.